The number of rotatable bonds is 5. The van der Waals surface area contributed by atoms with Crippen LogP contribution in [0.4, 0.5) is 5.82 Å². The molecule has 1 saturated carbocycles. The van der Waals surface area contributed by atoms with Crippen molar-refractivity contribution in [1.82, 2.24) is 15.3 Å². The molecule has 0 amide bonds. The van der Waals surface area contributed by atoms with E-state index in [1.54, 1.807) is 6.07 Å². The lowest BCUT2D eigenvalue weighted by Gasteiger charge is -2.34. The maximum Gasteiger partial charge on any atom is 0.252 e. The fraction of sp³-hybridized carbons (Fsp3) is 0.750. The van der Waals surface area contributed by atoms with Gasteiger partial charge in [-0.25, -0.2) is 4.98 Å². The van der Waals surface area contributed by atoms with Crippen LogP contribution in [0, 0.1) is 0 Å². The number of H-pyrrole nitrogens is 1. The van der Waals surface area contributed by atoms with Crippen molar-refractivity contribution in [3.05, 3.63) is 22.2 Å². The van der Waals surface area contributed by atoms with E-state index < -0.39 is 0 Å². The van der Waals surface area contributed by atoms with Crippen LogP contribution in [0.15, 0.2) is 10.9 Å². The molecule has 2 heterocycles. The summed E-state index contributed by atoms with van der Waals surface area (Å²) in [5, 5.41) is 3.58. The minimum atomic E-state index is -0.0239. The summed E-state index contributed by atoms with van der Waals surface area (Å²) in [6, 6.07) is 2.50. The Morgan fingerprint density at radius 1 is 1.33 bits per heavy atom. The predicted molar refractivity (Wildman–Crippen MR) is 85.0 cm³/mol. The van der Waals surface area contributed by atoms with Gasteiger partial charge in [0.2, 0.25) is 0 Å². The van der Waals surface area contributed by atoms with Crippen LogP contribution >= 0.6 is 0 Å². The number of nitrogens with zero attached hydrogens (tertiary/aromatic N) is 2. The summed E-state index contributed by atoms with van der Waals surface area (Å²) < 4.78 is 0. The third-order valence-corrected chi connectivity index (χ3v) is 4.46. The van der Waals surface area contributed by atoms with Gasteiger partial charge in [0.15, 0.2) is 0 Å². The summed E-state index contributed by atoms with van der Waals surface area (Å²) in [6.07, 6.45) is 6.07. The van der Waals surface area contributed by atoms with E-state index in [1.165, 1.54) is 19.3 Å². The van der Waals surface area contributed by atoms with Crippen molar-refractivity contribution in [2.24, 2.45) is 0 Å². The Labute approximate surface area is 126 Å². The van der Waals surface area contributed by atoms with Crippen LogP contribution < -0.4 is 15.8 Å². The zero-order chi connectivity index (χ0) is 14.8. The summed E-state index contributed by atoms with van der Waals surface area (Å²) >= 11 is 0. The normalized spacial score (nSPS) is 22.5. The van der Waals surface area contributed by atoms with Gasteiger partial charge in [-0.1, -0.05) is 6.42 Å². The summed E-state index contributed by atoms with van der Waals surface area (Å²) in [7, 11) is 0. The molecule has 5 nitrogen and oxygen atoms in total. The molecule has 2 N–H and O–H groups in total. The average Bonchev–Trinajstić information content (AvgIpc) is 3.29. The zero-order valence-corrected chi connectivity index (χ0v) is 13.1. The van der Waals surface area contributed by atoms with E-state index in [4.69, 9.17) is 4.98 Å². The Balaban J connectivity index is 1.80. The van der Waals surface area contributed by atoms with E-state index in [9.17, 15) is 4.79 Å². The Bertz CT molecular complexity index is 529. The highest BCUT2D eigenvalue weighted by Gasteiger charge is 2.28. The second-order valence-corrected chi connectivity index (χ2v) is 6.66. The summed E-state index contributed by atoms with van der Waals surface area (Å²) in [5.74, 6) is 2.18. The Morgan fingerprint density at radius 2 is 2.14 bits per heavy atom. The Kier molecular flexibility index (Phi) is 4.29. The van der Waals surface area contributed by atoms with Crippen LogP contribution in [-0.2, 0) is 0 Å². The van der Waals surface area contributed by atoms with Crippen molar-refractivity contribution in [3.8, 4) is 0 Å². The third-order valence-electron chi connectivity index (χ3n) is 4.46. The molecule has 3 rings (SSSR count). The van der Waals surface area contributed by atoms with Crippen LogP contribution in [0.5, 0.6) is 0 Å². The van der Waals surface area contributed by atoms with Crippen LogP contribution in [0.3, 0.4) is 0 Å². The van der Waals surface area contributed by atoms with Gasteiger partial charge in [-0.3, -0.25) is 4.79 Å². The topological polar surface area (TPSA) is 61.0 Å². The first-order valence-electron chi connectivity index (χ1n) is 8.25. The molecule has 1 aromatic heterocycles. The summed E-state index contributed by atoms with van der Waals surface area (Å²) in [5.41, 5.74) is -0.0239. The molecule has 0 radical (unpaired) electrons. The quantitative estimate of drug-likeness (QED) is 0.871. The molecule has 1 aliphatic heterocycles. The second-order valence-electron chi connectivity index (χ2n) is 6.66. The van der Waals surface area contributed by atoms with Gasteiger partial charge >= 0.3 is 0 Å². The maximum atomic E-state index is 11.9. The molecule has 1 aliphatic carbocycles. The molecule has 1 aromatic rings. The molecule has 1 saturated heterocycles. The van der Waals surface area contributed by atoms with Gasteiger partial charge in [0.25, 0.3) is 5.56 Å². The molecule has 1 atom stereocenters. The van der Waals surface area contributed by atoms with Gasteiger partial charge in [-0.15, -0.1) is 0 Å². The molecule has 1 unspecified atom stereocenters. The van der Waals surface area contributed by atoms with Crippen molar-refractivity contribution >= 4 is 5.82 Å². The van der Waals surface area contributed by atoms with Gasteiger partial charge in [0, 0.05) is 30.6 Å². The van der Waals surface area contributed by atoms with Gasteiger partial charge in [0.05, 0.1) is 0 Å². The molecule has 2 fully saturated rings. The monoisotopic (exact) mass is 290 g/mol. The Morgan fingerprint density at radius 3 is 2.76 bits per heavy atom. The average molecular weight is 290 g/mol. The first kappa shape index (κ1) is 14.6. The first-order valence-corrected chi connectivity index (χ1v) is 8.25. The van der Waals surface area contributed by atoms with E-state index in [-0.39, 0.29) is 5.56 Å². The van der Waals surface area contributed by atoms with Gasteiger partial charge in [-0.2, -0.15) is 0 Å². The van der Waals surface area contributed by atoms with E-state index in [2.05, 4.69) is 29.0 Å². The minimum Gasteiger partial charge on any atom is -0.352 e. The number of anilines is 1. The highest BCUT2D eigenvalue weighted by Crippen LogP contribution is 2.38. The van der Waals surface area contributed by atoms with Gasteiger partial charge in [0.1, 0.15) is 11.6 Å². The molecule has 0 bridgehead atoms. The predicted octanol–water partition coefficient (Wildman–Crippen LogP) is 2.00. The number of aromatic nitrogens is 2. The van der Waals surface area contributed by atoms with Crippen molar-refractivity contribution in [3.63, 3.8) is 0 Å². The highest BCUT2D eigenvalue weighted by atomic mass is 16.1. The number of nitrogens with one attached hydrogen (secondary N) is 2. The molecule has 116 valence electrons. The largest absolute Gasteiger partial charge is 0.352 e. The lowest BCUT2D eigenvalue weighted by molar-refractivity contribution is 0.392. The Hall–Kier alpha value is -1.36. The lowest BCUT2D eigenvalue weighted by atomic mass is 10.0. The molecule has 0 aromatic carbocycles. The second kappa shape index (κ2) is 6.18. The fourth-order valence-corrected chi connectivity index (χ4v) is 3.05. The fourth-order valence-electron chi connectivity index (χ4n) is 3.05. The van der Waals surface area contributed by atoms with Crippen molar-refractivity contribution < 1.29 is 0 Å². The lowest BCUT2D eigenvalue weighted by Crippen LogP contribution is -2.46. The van der Waals surface area contributed by atoms with Crippen LogP contribution in [0.2, 0.25) is 0 Å². The van der Waals surface area contributed by atoms with Crippen LogP contribution in [0.1, 0.15) is 57.7 Å². The van der Waals surface area contributed by atoms with E-state index in [0.717, 1.165) is 37.6 Å². The van der Waals surface area contributed by atoms with E-state index in [1.807, 2.05) is 0 Å². The smallest absolute Gasteiger partial charge is 0.252 e. The van der Waals surface area contributed by atoms with Gasteiger partial charge in [-0.05, 0) is 46.1 Å². The summed E-state index contributed by atoms with van der Waals surface area (Å²) in [4.78, 5) is 21.8. The number of aromatic amines is 1. The van der Waals surface area contributed by atoms with Crippen LogP contribution in [-0.4, -0.2) is 35.1 Å². The molecular formula is C16H26N4O. The summed E-state index contributed by atoms with van der Waals surface area (Å²) in [6.45, 7) is 6.37. The van der Waals surface area contributed by atoms with E-state index >= 15 is 0 Å². The number of piperidine rings is 1. The minimum absolute atomic E-state index is 0.0239. The van der Waals surface area contributed by atoms with E-state index in [0.29, 0.717) is 18.0 Å². The van der Waals surface area contributed by atoms with Crippen molar-refractivity contribution in [2.75, 3.05) is 18.0 Å². The standard InChI is InChI=1S/C16H26N4O/c1-11(2)20(10-13-5-3-4-8-17-13)14-9-15(21)19-16(18-14)12-6-7-12/h9,11-13,17H,3-8,10H2,1-2H3,(H,18,19,21). The first-order chi connectivity index (χ1) is 10.1. The van der Waals surface area contributed by atoms with Crippen molar-refractivity contribution in [1.29, 1.82) is 0 Å². The highest BCUT2D eigenvalue weighted by molar-refractivity contribution is 5.39. The molecule has 21 heavy (non-hydrogen) atoms. The number of hydrogen-bond donors (Lipinski definition) is 2. The van der Waals surface area contributed by atoms with Crippen LogP contribution in [0.25, 0.3) is 0 Å². The molecular weight excluding hydrogens is 264 g/mol. The van der Waals surface area contributed by atoms with Crippen molar-refractivity contribution in [2.45, 2.75) is 64.0 Å². The van der Waals surface area contributed by atoms with Gasteiger partial charge < -0.3 is 15.2 Å². The third kappa shape index (κ3) is 3.64. The number of hydrogen-bond acceptors (Lipinski definition) is 4. The molecule has 2 aliphatic rings. The molecule has 0 spiro atoms. The SMILES string of the molecule is CC(C)N(CC1CCCCN1)c1cc(=O)[nH]c(C2CC2)n1. The molecule has 5 heteroatoms. The maximum absolute atomic E-state index is 11.9. The zero-order valence-electron chi connectivity index (χ0n) is 13.1.